The third-order valence-electron chi connectivity index (χ3n) is 4.66. The molecule has 3 unspecified atom stereocenters. The van der Waals surface area contributed by atoms with Crippen LogP contribution >= 0.6 is 0 Å². The van der Waals surface area contributed by atoms with Gasteiger partial charge in [0.15, 0.2) is 0 Å². The minimum absolute atomic E-state index is 0.127. The summed E-state index contributed by atoms with van der Waals surface area (Å²) in [6.45, 7) is 4.77. The number of furan rings is 1. The van der Waals surface area contributed by atoms with E-state index < -0.39 is 0 Å². The first-order chi connectivity index (χ1) is 10.2. The average molecular weight is 288 g/mol. The van der Waals surface area contributed by atoms with Gasteiger partial charge in [-0.3, -0.25) is 4.90 Å². The van der Waals surface area contributed by atoms with E-state index in [0.717, 1.165) is 36.2 Å². The van der Waals surface area contributed by atoms with Crippen LogP contribution in [0.3, 0.4) is 0 Å². The number of ether oxygens (including phenoxy) is 1. The molecule has 21 heavy (non-hydrogen) atoms. The zero-order valence-electron chi connectivity index (χ0n) is 12.8. The van der Waals surface area contributed by atoms with Crippen LogP contribution in [-0.4, -0.2) is 37.7 Å². The third-order valence-corrected chi connectivity index (χ3v) is 4.66. The largest absolute Gasteiger partial charge is 0.459 e. The molecule has 0 saturated carbocycles. The number of nitrogens with two attached hydrogens (primary N) is 1. The Hall–Kier alpha value is -1.36. The molecule has 0 aliphatic carbocycles. The van der Waals surface area contributed by atoms with Crippen molar-refractivity contribution in [2.75, 3.05) is 26.7 Å². The predicted molar refractivity (Wildman–Crippen MR) is 84.2 cm³/mol. The van der Waals surface area contributed by atoms with Crippen LogP contribution in [0, 0.1) is 5.92 Å². The second-order valence-electron chi connectivity index (χ2n) is 5.97. The van der Waals surface area contributed by atoms with Crippen molar-refractivity contribution in [2.45, 2.75) is 25.5 Å². The third kappa shape index (κ3) is 2.84. The van der Waals surface area contributed by atoms with Gasteiger partial charge in [0.25, 0.3) is 0 Å². The standard InChI is InChI=1S/C17H24N2O2/c1-12-7-8-19(11-17(12)20-2)14(10-18)16-9-13-5-3-4-6-15(13)21-16/h3-6,9,12,14,17H,7-8,10-11,18H2,1-2H3. The van der Waals surface area contributed by atoms with Crippen LogP contribution in [0.25, 0.3) is 11.0 Å². The molecule has 3 rings (SSSR count). The molecule has 2 heterocycles. The Labute approximate surface area is 125 Å². The number of rotatable bonds is 4. The summed E-state index contributed by atoms with van der Waals surface area (Å²) in [5, 5.41) is 1.14. The molecule has 1 aliphatic heterocycles. The summed E-state index contributed by atoms with van der Waals surface area (Å²) in [6.07, 6.45) is 1.41. The van der Waals surface area contributed by atoms with Crippen LogP contribution in [0.2, 0.25) is 0 Å². The smallest absolute Gasteiger partial charge is 0.134 e. The number of piperidine rings is 1. The summed E-state index contributed by atoms with van der Waals surface area (Å²) in [5.41, 5.74) is 6.97. The molecule has 3 atom stereocenters. The van der Waals surface area contributed by atoms with Crippen LogP contribution in [0.5, 0.6) is 0 Å². The van der Waals surface area contributed by atoms with Crippen molar-refractivity contribution in [1.29, 1.82) is 0 Å². The lowest BCUT2D eigenvalue weighted by molar-refractivity contribution is -0.0208. The Kier molecular flexibility index (Phi) is 4.29. The van der Waals surface area contributed by atoms with Crippen molar-refractivity contribution in [1.82, 2.24) is 4.90 Å². The van der Waals surface area contributed by atoms with Crippen LogP contribution in [-0.2, 0) is 4.74 Å². The van der Waals surface area contributed by atoms with E-state index in [9.17, 15) is 0 Å². The first-order valence-corrected chi connectivity index (χ1v) is 7.68. The molecule has 0 radical (unpaired) electrons. The van der Waals surface area contributed by atoms with E-state index in [2.05, 4.69) is 24.0 Å². The Morgan fingerprint density at radius 3 is 2.95 bits per heavy atom. The molecule has 2 aromatic rings. The second kappa shape index (κ2) is 6.18. The van der Waals surface area contributed by atoms with Crippen molar-refractivity contribution >= 4 is 11.0 Å². The lowest BCUT2D eigenvalue weighted by atomic mass is 9.94. The van der Waals surface area contributed by atoms with E-state index in [1.165, 1.54) is 0 Å². The maximum atomic E-state index is 6.04. The summed E-state index contributed by atoms with van der Waals surface area (Å²) in [4.78, 5) is 2.39. The van der Waals surface area contributed by atoms with Gasteiger partial charge in [-0.05, 0) is 31.0 Å². The van der Waals surface area contributed by atoms with Crippen LogP contribution < -0.4 is 5.73 Å². The fourth-order valence-electron chi connectivity index (χ4n) is 3.26. The molecular weight excluding hydrogens is 264 g/mol. The van der Waals surface area contributed by atoms with Gasteiger partial charge in [-0.2, -0.15) is 0 Å². The maximum Gasteiger partial charge on any atom is 0.134 e. The molecule has 4 nitrogen and oxygen atoms in total. The zero-order chi connectivity index (χ0) is 14.8. The minimum atomic E-state index is 0.127. The lowest BCUT2D eigenvalue weighted by Crippen LogP contribution is -2.47. The van der Waals surface area contributed by atoms with Crippen LogP contribution in [0.4, 0.5) is 0 Å². The molecule has 1 fully saturated rings. The average Bonchev–Trinajstić information content (AvgIpc) is 2.93. The summed E-state index contributed by atoms with van der Waals surface area (Å²) < 4.78 is 11.6. The minimum Gasteiger partial charge on any atom is -0.459 e. The zero-order valence-corrected chi connectivity index (χ0v) is 12.8. The highest BCUT2D eigenvalue weighted by molar-refractivity contribution is 5.77. The SMILES string of the molecule is COC1CN(C(CN)c2cc3ccccc3o2)CCC1C. The normalized spacial score (nSPS) is 25.3. The van der Waals surface area contributed by atoms with E-state index >= 15 is 0 Å². The number of fused-ring (bicyclic) bond motifs is 1. The number of methoxy groups -OCH3 is 1. The van der Waals surface area contributed by atoms with Gasteiger partial charge in [0.1, 0.15) is 11.3 Å². The van der Waals surface area contributed by atoms with Gasteiger partial charge >= 0.3 is 0 Å². The highest BCUT2D eigenvalue weighted by Crippen LogP contribution is 2.30. The second-order valence-corrected chi connectivity index (χ2v) is 5.97. The van der Waals surface area contributed by atoms with Crippen molar-refractivity contribution in [3.8, 4) is 0 Å². The quantitative estimate of drug-likeness (QED) is 0.940. The van der Waals surface area contributed by atoms with Crippen molar-refractivity contribution in [2.24, 2.45) is 11.7 Å². The van der Waals surface area contributed by atoms with Crippen molar-refractivity contribution in [3.05, 3.63) is 36.1 Å². The number of para-hydroxylation sites is 1. The van der Waals surface area contributed by atoms with E-state index in [-0.39, 0.29) is 12.1 Å². The molecular formula is C17H24N2O2. The van der Waals surface area contributed by atoms with Crippen molar-refractivity contribution in [3.63, 3.8) is 0 Å². The van der Waals surface area contributed by atoms with Gasteiger partial charge in [0, 0.05) is 25.6 Å². The van der Waals surface area contributed by atoms with E-state index in [4.69, 9.17) is 14.9 Å². The predicted octanol–water partition coefficient (Wildman–Crippen LogP) is 2.79. The summed E-state index contributed by atoms with van der Waals surface area (Å²) >= 11 is 0. The van der Waals surface area contributed by atoms with Gasteiger partial charge in [-0.15, -0.1) is 0 Å². The molecule has 0 bridgehead atoms. The van der Waals surface area contributed by atoms with Gasteiger partial charge in [0.2, 0.25) is 0 Å². The topological polar surface area (TPSA) is 51.6 Å². The fourth-order valence-corrected chi connectivity index (χ4v) is 3.26. The van der Waals surface area contributed by atoms with Gasteiger partial charge in [0.05, 0.1) is 12.1 Å². The molecule has 0 spiro atoms. The van der Waals surface area contributed by atoms with E-state index in [0.29, 0.717) is 12.5 Å². The number of likely N-dealkylation sites (tertiary alicyclic amines) is 1. The van der Waals surface area contributed by atoms with Crippen molar-refractivity contribution < 1.29 is 9.15 Å². The van der Waals surface area contributed by atoms with Gasteiger partial charge in [-0.1, -0.05) is 25.1 Å². The first-order valence-electron chi connectivity index (χ1n) is 7.68. The summed E-state index contributed by atoms with van der Waals surface area (Å²) in [7, 11) is 1.79. The van der Waals surface area contributed by atoms with Crippen LogP contribution in [0.15, 0.2) is 34.7 Å². The van der Waals surface area contributed by atoms with E-state index in [1.54, 1.807) is 7.11 Å². The fraction of sp³-hybridized carbons (Fsp3) is 0.529. The maximum absolute atomic E-state index is 6.04. The monoisotopic (exact) mass is 288 g/mol. The number of benzene rings is 1. The van der Waals surface area contributed by atoms with Crippen LogP contribution in [0.1, 0.15) is 25.1 Å². The van der Waals surface area contributed by atoms with Gasteiger partial charge < -0.3 is 14.9 Å². The molecule has 0 amide bonds. The number of hydrogen-bond acceptors (Lipinski definition) is 4. The van der Waals surface area contributed by atoms with Gasteiger partial charge in [-0.25, -0.2) is 0 Å². The molecule has 4 heteroatoms. The Morgan fingerprint density at radius 2 is 2.24 bits per heavy atom. The van der Waals surface area contributed by atoms with E-state index in [1.807, 2.05) is 18.2 Å². The number of hydrogen-bond donors (Lipinski definition) is 1. The molecule has 1 aromatic heterocycles. The Balaban J connectivity index is 1.84. The molecule has 1 aromatic carbocycles. The Morgan fingerprint density at radius 1 is 1.43 bits per heavy atom. The molecule has 2 N–H and O–H groups in total. The molecule has 1 aliphatic rings. The highest BCUT2D eigenvalue weighted by atomic mass is 16.5. The summed E-state index contributed by atoms with van der Waals surface area (Å²) in [6, 6.07) is 10.4. The molecule has 114 valence electrons. The highest BCUT2D eigenvalue weighted by Gasteiger charge is 2.31. The Bertz CT molecular complexity index is 562. The lowest BCUT2D eigenvalue weighted by Gasteiger charge is -2.39. The summed E-state index contributed by atoms with van der Waals surface area (Å²) in [5.74, 6) is 1.56. The number of nitrogens with zero attached hydrogens (tertiary/aromatic N) is 1. The molecule has 1 saturated heterocycles. The first kappa shape index (κ1) is 14.6.